The van der Waals surface area contributed by atoms with Crippen LogP contribution in [0.5, 0.6) is 0 Å². The number of carbonyl (C=O) groups excluding carboxylic acids is 1. The van der Waals surface area contributed by atoms with Crippen LogP contribution in [-0.4, -0.2) is 46.1 Å². The highest BCUT2D eigenvalue weighted by molar-refractivity contribution is 5.80. The van der Waals surface area contributed by atoms with E-state index in [4.69, 9.17) is 0 Å². The summed E-state index contributed by atoms with van der Waals surface area (Å²) in [5, 5.41) is 32.7. The number of nitrogens with one attached hydrogen (secondary N) is 1. The standard InChI is InChI=1S/C33H63NO4/c1-3-5-7-9-11-13-14-15-16-17-18-19-20-22-23-25-27-31(36)30(29-35)34-33(38)32(37)28-26-24-21-12-10-8-6-4-2/h19-20,25,27,30-32,35-37H,3-18,21-24,26,28-29H2,1-2H3,(H,34,38)/b20-19+,27-25+. The number of amides is 1. The molecule has 0 aromatic carbocycles. The van der Waals surface area contributed by atoms with Gasteiger partial charge in [-0.1, -0.05) is 147 Å². The molecule has 224 valence electrons. The molecule has 1 amide bonds. The van der Waals surface area contributed by atoms with E-state index in [0.29, 0.717) is 6.42 Å². The van der Waals surface area contributed by atoms with Crippen LogP contribution in [0.1, 0.15) is 155 Å². The summed E-state index contributed by atoms with van der Waals surface area (Å²) in [4.78, 5) is 12.3. The van der Waals surface area contributed by atoms with Crippen LogP contribution < -0.4 is 5.32 Å². The van der Waals surface area contributed by atoms with Crippen LogP contribution in [0, 0.1) is 0 Å². The number of unbranched alkanes of at least 4 members (excludes halogenated alkanes) is 18. The van der Waals surface area contributed by atoms with E-state index < -0.39 is 24.2 Å². The summed E-state index contributed by atoms with van der Waals surface area (Å²) in [5.74, 6) is -0.519. The summed E-state index contributed by atoms with van der Waals surface area (Å²) in [6.45, 7) is 4.10. The van der Waals surface area contributed by atoms with Crippen molar-refractivity contribution in [2.45, 2.75) is 173 Å². The van der Waals surface area contributed by atoms with Gasteiger partial charge in [-0.25, -0.2) is 0 Å². The first-order valence-corrected chi connectivity index (χ1v) is 16.2. The number of allylic oxidation sites excluding steroid dienone is 3. The van der Waals surface area contributed by atoms with Gasteiger partial charge in [0.1, 0.15) is 6.10 Å². The number of hydrogen-bond acceptors (Lipinski definition) is 4. The predicted molar refractivity (Wildman–Crippen MR) is 162 cm³/mol. The molecule has 3 unspecified atom stereocenters. The van der Waals surface area contributed by atoms with Crippen molar-refractivity contribution in [3.05, 3.63) is 24.3 Å². The average molecular weight is 538 g/mol. The Bertz CT molecular complexity index is 563. The van der Waals surface area contributed by atoms with Gasteiger partial charge >= 0.3 is 0 Å². The van der Waals surface area contributed by atoms with E-state index in [0.717, 1.165) is 38.5 Å². The number of hydrogen-bond donors (Lipinski definition) is 4. The van der Waals surface area contributed by atoms with Gasteiger partial charge < -0.3 is 20.6 Å². The minimum Gasteiger partial charge on any atom is -0.394 e. The fourth-order valence-corrected chi connectivity index (χ4v) is 4.67. The Morgan fingerprint density at radius 1 is 0.632 bits per heavy atom. The third-order valence-corrected chi connectivity index (χ3v) is 7.29. The SMILES string of the molecule is CCCCCCCCCCCC/C=C/CC/C=C/C(O)C(CO)NC(=O)C(O)CCCCCCCCCC. The van der Waals surface area contributed by atoms with Crippen LogP contribution in [0.15, 0.2) is 24.3 Å². The van der Waals surface area contributed by atoms with Crippen LogP contribution in [0.25, 0.3) is 0 Å². The second-order valence-corrected chi connectivity index (χ2v) is 11.0. The highest BCUT2D eigenvalue weighted by Crippen LogP contribution is 2.12. The first-order chi connectivity index (χ1) is 18.6. The molecule has 0 bridgehead atoms. The van der Waals surface area contributed by atoms with Crippen molar-refractivity contribution in [3.63, 3.8) is 0 Å². The molecule has 0 aromatic heterocycles. The second kappa shape index (κ2) is 28.8. The third-order valence-electron chi connectivity index (χ3n) is 7.29. The lowest BCUT2D eigenvalue weighted by Gasteiger charge is -2.21. The van der Waals surface area contributed by atoms with Gasteiger partial charge in [0.15, 0.2) is 0 Å². The number of aliphatic hydroxyl groups excluding tert-OH is 3. The lowest BCUT2D eigenvalue weighted by molar-refractivity contribution is -0.131. The Morgan fingerprint density at radius 3 is 1.61 bits per heavy atom. The molecule has 3 atom stereocenters. The van der Waals surface area contributed by atoms with Gasteiger partial charge in [-0.2, -0.15) is 0 Å². The molecule has 4 N–H and O–H groups in total. The molecule has 38 heavy (non-hydrogen) atoms. The maximum Gasteiger partial charge on any atom is 0.249 e. The van der Waals surface area contributed by atoms with Gasteiger partial charge in [0.2, 0.25) is 5.91 Å². The maximum absolute atomic E-state index is 12.3. The van der Waals surface area contributed by atoms with Crippen molar-refractivity contribution < 1.29 is 20.1 Å². The van der Waals surface area contributed by atoms with E-state index in [-0.39, 0.29) is 6.61 Å². The van der Waals surface area contributed by atoms with Gasteiger partial charge in [-0.3, -0.25) is 4.79 Å². The molecule has 0 heterocycles. The lowest BCUT2D eigenvalue weighted by atomic mass is 10.0. The Balaban J connectivity index is 3.84. The smallest absolute Gasteiger partial charge is 0.249 e. The Hall–Kier alpha value is -1.17. The topological polar surface area (TPSA) is 89.8 Å². The highest BCUT2D eigenvalue weighted by Gasteiger charge is 2.22. The van der Waals surface area contributed by atoms with Gasteiger partial charge in [-0.05, 0) is 32.1 Å². The third kappa shape index (κ3) is 23.9. The number of carbonyl (C=O) groups is 1. The highest BCUT2D eigenvalue weighted by atomic mass is 16.3. The second-order valence-electron chi connectivity index (χ2n) is 11.0. The average Bonchev–Trinajstić information content (AvgIpc) is 2.92. The predicted octanol–water partition coefficient (Wildman–Crippen LogP) is 7.92. The van der Waals surface area contributed by atoms with Crippen LogP contribution >= 0.6 is 0 Å². The molecular formula is C33H63NO4. The molecular weight excluding hydrogens is 474 g/mol. The largest absolute Gasteiger partial charge is 0.394 e. The summed E-state index contributed by atoms with van der Waals surface area (Å²) >= 11 is 0. The van der Waals surface area contributed by atoms with Crippen molar-refractivity contribution in [2.75, 3.05) is 6.61 Å². The number of rotatable bonds is 28. The monoisotopic (exact) mass is 537 g/mol. The van der Waals surface area contributed by atoms with Crippen molar-refractivity contribution >= 4 is 5.91 Å². The molecule has 0 rings (SSSR count). The summed E-state index contributed by atoms with van der Waals surface area (Å²) in [5.41, 5.74) is 0. The quantitative estimate of drug-likeness (QED) is 0.0603. The first-order valence-electron chi connectivity index (χ1n) is 16.2. The Kier molecular flexibility index (Phi) is 27.9. The first kappa shape index (κ1) is 36.8. The van der Waals surface area contributed by atoms with Crippen LogP contribution in [0.3, 0.4) is 0 Å². The van der Waals surface area contributed by atoms with Crippen molar-refractivity contribution in [1.29, 1.82) is 0 Å². The summed E-state index contributed by atoms with van der Waals surface area (Å²) in [7, 11) is 0. The molecule has 0 aromatic rings. The Morgan fingerprint density at radius 2 is 1.08 bits per heavy atom. The zero-order valence-electron chi connectivity index (χ0n) is 25.1. The summed E-state index contributed by atoms with van der Waals surface area (Å²) in [6, 6.07) is -0.807. The van der Waals surface area contributed by atoms with Gasteiger partial charge in [0.05, 0.1) is 18.8 Å². The van der Waals surface area contributed by atoms with E-state index in [9.17, 15) is 20.1 Å². The van der Waals surface area contributed by atoms with Gasteiger partial charge in [0.25, 0.3) is 0 Å². The van der Waals surface area contributed by atoms with Crippen molar-refractivity contribution in [2.24, 2.45) is 0 Å². The van der Waals surface area contributed by atoms with Crippen LogP contribution in [-0.2, 0) is 4.79 Å². The fraction of sp³-hybridized carbons (Fsp3) is 0.848. The molecule has 0 aliphatic rings. The van der Waals surface area contributed by atoms with Crippen molar-refractivity contribution in [1.82, 2.24) is 5.32 Å². The zero-order chi connectivity index (χ0) is 28.1. The normalized spacial score (nSPS) is 14.3. The molecule has 0 radical (unpaired) electrons. The molecule has 0 aliphatic heterocycles. The van der Waals surface area contributed by atoms with Crippen molar-refractivity contribution in [3.8, 4) is 0 Å². The lowest BCUT2D eigenvalue weighted by Crippen LogP contribution is -2.48. The molecule has 0 saturated heterocycles. The van der Waals surface area contributed by atoms with E-state index in [2.05, 4.69) is 31.3 Å². The zero-order valence-corrected chi connectivity index (χ0v) is 25.1. The van der Waals surface area contributed by atoms with Gasteiger partial charge in [0, 0.05) is 0 Å². The molecule has 0 saturated carbocycles. The molecule has 0 spiro atoms. The molecule has 0 fully saturated rings. The number of aliphatic hydroxyl groups is 3. The minimum absolute atomic E-state index is 0.375. The maximum atomic E-state index is 12.3. The molecule has 0 aliphatic carbocycles. The molecule has 5 nitrogen and oxygen atoms in total. The molecule has 5 heteroatoms. The van der Waals surface area contributed by atoms with Crippen LogP contribution in [0.2, 0.25) is 0 Å². The summed E-state index contributed by atoms with van der Waals surface area (Å²) < 4.78 is 0. The van der Waals surface area contributed by atoms with E-state index in [1.807, 2.05) is 6.08 Å². The van der Waals surface area contributed by atoms with Gasteiger partial charge in [-0.15, -0.1) is 0 Å². The Labute approximate surface area is 235 Å². The van der Waals surface area contributed by atoms with E-state index >= 15 is 0 Å². The fourth-order valence-electron chi connectivity index (χ4n) is 4.67. The van der Waals surface area contributed by atoms with E-state index in [1.165, 1.54) is 96.3 Å². The van der Waals surface area contributed by atoms with E-state index in [1.54, 1.807) is 6.08 Å². The summed E-state index contributed by atoms with van der Waals surface area (Å²) in [6.07, 6.45) is 32.0. The minimum atomic E-state index is -1.10. The van der Waals surface area contributed by atoms with Crippen LogP contribution in [0.4, 0.5) is 0 Å².